The predicted octanol–water partition coefficient (Wildman–Crippen LogP) is 3.06. The molecule has 0 heterocycles. The smallest absolute Gasteiger partial charge is 0.253 e. The molecule has 0 aromatic heterocycles. The summed E-state index contributed by atoms with van der Waals surface area (Å²) >= 11 is 0. The molecule has 2 N–H and O–H groups in total. The third-order valence-corrected chi connectivity index (χ3v) is 3.46. The molecule has 3 nitrogen and oxygen atoms in total. The van der Waals surface area contributed by atoms with Crippen molar-refractivity contribution in [2.45, 2.75) is 13.3 Å². The van der Waals surface area contributed by atoms with Crippen LogP contribution in [-0.4, -0.2) is 30.4 Å². The zero-order chi connectivity index (χ0) is 15.1. The molecule has 0 unspecified atom stereocenters. The number of aryl methyl sites for hydroxylation is 1. The Balaban J connectivity index is 0.00000242. The minimum Gasteiger partial charge on any atom is -0.337 e. The van der Waals surface area contributed by atoms with Crippen molar-refractivity contribution in [1.29, 1.82) is 0 Å². The molecule has 4 heteroatoms. The predicted molar refractivity (Wildman–Crippen MR) is 93.5 cm³/mol. The Kier molecular flexibility index (Phi) is 7.64. The van der Waals surface area contributed by atoms with Gasteiger partial charge < -0.3 is 10.6 Å². The van der Waals surface area contributed by atoms with Crippen molar-refractivity contribution in [2.75, 3.05) is 19.6 Å². The molecular weight excluding hydrogens is 296 g/mol. The summed E-state index contributed by atoms with van der Waals surface area (Å²) in [6.07, 6.45) is 0.846. The highest BCUT2D eigenvalue weighted by Crippen LogP contribution is 2.09. The summed E-state index contributed by atoms with van der Waals surface area (Å²) in [5.74, 6) is 0.0556. The molecule has 118 valence electrons. The van der Waals surface area contributed by atoms with Gasteiger partial charge in [0.05, 0.1) is 0 Å². The average molecular weight is 319 g/mol. The zero-order valence-corrected chi connectivity index (χ0v) is 13.7. The van der Waals surface area contributed by atoms with Crippen molar-refractivity contribution in [3.05, 3.63) is 71.3 Å². The molecule has 1 amide bonds. The first-order chi connectivity index (χ1) is 10.2. The Hall–Kier alpha value is -1.84. The second kappa shape index (κ2) is 9.23. The minimum atomic E-state index is 0. The number of rotatable bonds is 6. The van der Waals surface area contributed by atoms with Crippen LogP contribution in [0.5, 0.6) is 0 Å². The molecule has 0 saturated carbocycles. The Morgan fingerprint density at radius 1 is 1.05 bits per heavy atom. The van der Waals surface area contributed by atoms with Crippen LogP contribution in [0.15, 0.2) is 54.6 Å². The fourth-order valence-corrected chi connectivity index (χ4v) is 2.34. The lowest BCUT2D eigenvalue weighted by Gasteiger charge is -2.22. The van der Waals surface area contributed by atoms with Gasteiger partial charge in [-0.05, 0) is 31.0 Å². The normalized spacial score (nSPS) is 9.91. The van der Waals surface area contributed by atoms with Crippen LogP contribution in [0.25, 0.3) is 0 Å². The summed E-state index contributed by atoms with van der Waals surface area (Å²) in [5, 5.41) is 0. The van der Waals surface area contributed by atoms with Gasteiger partial charge in [0, 0.05) is 25.2 Å². The molecule has 2 rings (SSSR count). The molecule has 0 bridgehead atoms. The Morgan fingerprint density at radius 3 is 2.41 bits per heavy atom. The van der Waals surface area contributed by atoms with E-state index >= 15 is 0 Å². The highest BCUT2D eigenvalue weighted by molar-refractivity contribution is 5.94. The second-order valence-electron chi connectivity index (χ2n) is 5.19. The quantitative estimate of drug-likeness (QED) is 0.889. The maximum absolute atomic E-state index is 12.6. The van der Waals surface area contributed by atoms with E-state index in [9.17, 15) is 4.79 Å². The fraction of sp³-hybridized carbons (Fsp3) is 0.278. The zero-order valence-electron chi connectivity index (χ0n) is 12.9. The van der Waals surface area contributed by atoms with Gasteiger partial charge in [0.15, 0.2) is 0 Å². The first-order valence-electron chi connectivity index (χ1n) is 7.30. The SMILES string of the molecule is Cc1cccc(C(=O)N(CCN)CCc2ccccc2)c1.Cl. The van der Waals surface area contributed by atoms with Crippen LogP contribution >= 0.6 is 12.4 Å². The topological polar surface area (TPSA) is 46.3 Å². The number of benzene rings is 2. The van der Waals surface area contributed by atoms with E-state index in [4.69, 9.17) is 5.73 Å². The van der Waals surface area contributed by atoms with Crippen LogP contribution in [0.3, 0.4) is 0 Å². The molecule has 0 radical (unpaired) electrons. The van der Waals surface area contributed by atoms with Crippen molar-refractivity contribution in [1.82, 2.24) is 4.90 Å². The Morgan fingerprint density at radius 2 is 1.77 bits per heavy atom. The summed E-state index contributed by atoms with van der Waals surface area (Å²) in [7, 11) is 0. The highest BCUT2D eigenvalue weighted by atomic mass is 35.5. The number of hydrogen-bond donors (Lipinski definition) is 1. The summed E-state index contributed by atoms with van der Waals surface area (Å²) in [6, 6.07) is 17.9. The van der Waals surface area contributed by atoms with Gasteiger partial charge in [-0.25, -0.2) is 0 Å². The third kappa shape index (κ3) is 5.17. The van der Waals surface area contributed by atoms with Crippen molar-refractivity contribution in [3.8, 4) is 0 Å². The molecule has 0 aliphatic carbocycles. The van der Waals surface area contributed by atoms with Gasteiger partial charge in [0.2, 0.25) is 0 Å². The van der Waals surface area contributed by atoms with E-state index in [-0.39, 0.29) is 18.3 Å². The van der Waals surface area contributed by atoms with Crippen LogP contribution in [-0.2, 0) is 6.42 Å². The van der Waals surface area contributed by atoms with E-state index in [2.05, 4.69) is 12.1 Å². The molecule has 0 atom stereocenters. The van der Waals surface area contributed by atoms with E-state index in [0.29, 0.717) is 19.6 Å². The molecule has 22 heavy (non-hydrogen) atoms. The van der Waals surface area contributed by atoms with E-state index < -0.39 is 0 Å². The number of carbonyl (C=O) groups is 1. The number of amides is 1. The number of nitrogens with two attached hydrogens (primary N) is 1. The molecule has 0 saturated heterocycles. The lowest BCUT2D eigenvalue weighted by atomic mass is 10.1. The van der Waals surface area contributed by atoms with Crippen molar-refractivity contribution >= 4 is 18.3 Å². The standard InChI is InChI=1S/C18H22N2O.ClH/c1-15-6-5-9-17(14-15)18(21)20(13-11-19)12-10-16-7-3-2-4-8-16;/h2-9,14H,10-13,19H2,1H3;1H. The van der Waals surface area contributed by atoms with Gasteiger partial charge in [-0.1, -0.05) is 48.0 Å². The van der Waals surface area contributed by atoms with Crippen molar-refractivity contribution in [2.24, 2.45) is 5.73 Å². The van der Waals surface area contributed by atoms with E-state index in [1.54, 1.807) is 0 Å². The first kappa shape index (κ1) is 18.2. The Bertz CT molecular complexity index is 587. The fourth-order valence-electron chi connectivity index (χ4n) is 2.34. The van der Waals surface area contributed by atoms with Crippen LogP contribution in [0, 0.1) is 6.92 Å². The largest absolute Gasteiger partial charge is 0.337 e. The first-order valence-corrected chi connectivity index (χ1v) is 7.30. The van der Waals surface area contributed by atoms with Gasteiger partial charge in [0.1, 0.15) is 0 Å². The molecule has 2 aromatic rings. The second-order valence-corrected chi connectivity index (χ2v) is 5.19. The summed E-state index contributed by atoms with van der Waals surface area (Å²) in [6.45, 7) is 3.74. The number of nitrogens with zero attached hydrogens (tertiary/aromatic N) is 1. The van der Waals surface area contributed by atoms with Crippen LogP contribution in [0.1, 0.15) is 21.5 Å². The van der Waals surface area contributed by atoms with Gasteiger partial charge in [-0.2, -0.15) is 0 Å². The molecule has 0 aliphatic rings. The lowest BCUT2D eigenvalue weighted by Crippen LogP contribution is -2.37. The van der Waals surface area contributed by atoms with Crippen molar-refractivity contribution in [3.63, 3.8) is 0 Å². The van der Waals surface area contributed by atoms with Gasteiger partial charge in [-0.15, -0.1) is 12.4 Å². The number of halogens is 1. The summed E-state index contributed by atoms with van der Waals surface area (Å²) in [5.41, 5.74) is 8.71. The molecule has 2 aromatic carbocycles. The number of hydrogen-bond acceptors (Lipinski definition) is 2. The summed E-state index contributed by atoms with van der Waals surface area (Å²) < 4.78 is 0. The lowest BCUT2D eigenvalue weighted by molar-refractivity contribution is 0.0762. The highest BCUT2D eigenvalue weighted by Gasteiger charge is 2.14. The molecule has 0 spiro atoms. The van der Waals surface area contributed by atoms with Crippen molar-refractivity contribution < 1.29 is 4.79 Å². The molecule has 0 fully saturated rings. The van der Waals surface area contributed by atoms with E-state index in [1.165, 1.54) is 5.56 Å². The maximum Gasteiger partial charge on any atom is 0.253 e. The molecule has 0 aliphatic heterocycles. The minimum absolute atomic E-state index is 0. The van der Waals surface area contributed by atoms with Gasteiger partial charge >= 0.3 is 0 Å². The van der Waals surface area contributed by atoms with Crippen LogP contribution < -0.4 is 5.73 Å². The summed E-state index contributed by atoms with van der Waals surface area (Å²) in [4.78, 5) is 14.4. The van der Waals surface area contributed by atoms with Crippen LogP contribution in [0.2, 0.25) is 0 Å². The average Bonchev–Trinajstić information content (AvgIpc) is 2.52. The van der Waals surface area contributed by atoms with Crippen LogP contribution in [0.4, 0.5) is 0 Å². The van der Waals surface area contributed by atoms with E-state index in [1.807, 2.05) is 54.3 Å². The third-order valence-electron chi connectivity index (χ3n) is 3.46. The molecular formula is C18H23ClN2O. The van der Waals surface area contributed by atoms with E-state index in [0.717, 1.165) is 17.5 Å². The number of carbonyl (C=O) groups excluding carboxylic acids is 1. The maximum atomic E-state index is 12.6. The Labute approximate surface area is 138 Å². The van der Waals surface area contributed by atoms with Gasteiger partial charge in [0.25, 0.3) is 5.91 Å². The monoisotopic (exact) mass is 318 g/mol. The van der Waals surface area contributed by atoms with Gasteiger partial charge in [-0.3, -0.25) is 4.79 Å².